The van der Waals surface area contributed by atoms with Crippen molar-refractivity contribution in [3.8, 4) is 0 Å². The summed E-state index contributed by atoms with van der Waals surface area (Å²) >= 11 is 3.89. The third-order valence-electron chi connectivity index (χ3n) is 6.05. The summed E-state index contributed by atoms with van der Waals surface area (Å²) in [5, 5.41) is 0.932. The van der Waals surface area contributed by atoms with Crippen LogP contribution in [0.25, 0.3) is 0 Å². The quantitative estimate of drug-likeness (QED) is 0.724. The third-order valence-corrected chi connectivity index (χ3v) is 8.56. The van der Waals surface area contributed by atoms with Crippen molar-refractivity contribution in [1.82, 2.24) is 9.80 Å². The van der Waals surface area contributed by atoms with Crippen molar-refractivity contribution in [2.45, 2.75) is 63.1 Å². The standard InChI is InChI=1S/C22H32N2O2S2/c1-5-19-15(3)27-13-11-23(19)21(25)17-7-9-18(10-8-17)22(26)24-12-14-28-16(4)20(24)6-2/h7-10,15-16,19-20H,5-6,11-14H2,1-4H3. The molecule has 2 aliphatic heterocycles. The Morgan fingerprint density at radius 1 is 0.821 bits per heavy atom. The fourth-order valence-corrected chi connectivity index (χ4v) is 6.90. The average Bonchev–Trinajstić information content (AvgIpc) is 2.72. The molecule has 6 heteroatoms. The van der Waals surface area contributed by atoms with Gasteiger partial charge >= 0.3 is 0 Å². The highest BCUT2D eigenvalue weighted by molar-refractivity contribution is 8.00. The maximum atomic E-state index is 13.1. The van der Waals surface area contributed by atoms with Crippen molar-refractivity contribution in [1.29, 1.82) is 0 Å². The highest BCUT2D eigenvalue weighted by atomic mass is 32.2. The topological polar surface area (TPSA) is 40.6 Å². The molecule has 2 heterocycles. The van der Waals surface area contributed by atoms with Crippen LogP contribution in [-0.4, -0.2) is 68.8 Å². The minimum absolute atomic E-state index is 0.0902. The van der Waals surface area contributed by atoms with Crippen LogP contribution < -0.4 is 0 Å². The number of thioether (sulfide) groups is 2. The van der Waals surface area contributed by atoms with Crippen molar-refractivity contribution >= 4 is 35.3 Å². The number of carbonyl (C=O) groups is 2. The van der Waals surface area contributed by atoms with Crippen molar-refractivity contribution in [3.05, 3.63) is 35.4 Å². The molecular weight excluding hydrogens is 388 g/mol. The van der Waals surface area contributed by atoms with E-state index in [4.69, 9.17) is 0 Å². The van der Waals surface area contributed by atoms with Crippen LogP contribution in [0.3, 0.4) is 0 Å². The zero-order valence-electron chi connectivity index (χ0n) is 17.4. The molecule has 4 atom stereocenters. The van der Waals surface area contributed by atoms with Gasteiger partial charge < -0.3 is 9.80 Å². The maximum absolute atomic E-state index is 13.1. The Morgan fingerprint density at radius 3 is 1.50 bits per heavy atom. The van der Waals surface area contributed by atoms with Crippen LogP contribution in [-0.2, 0) is 0 Å². The molecule has 1 aromatic carbocycles. The van der Waals surface area contributed by atoms with Gasteiger partial charge in [-0.25, -0.2) is 0 Å². The first-order chi connectivity index (χ1) is 13.5. The molecule has 2 saturated heterocycles. The molecule has 154 valence electrons. The Kier molecular flexibility index (Phi) is 7.37. The van der Waals surface area contributed by atoms with E-state index in [1.54, 1.807) is 0 Å². The Hall–Kier alpha value is -1.14. The first kappa shape index (κ1) is 21.6. The van der Waals surface area contributed by atoms with Crippen LogP contribution >= 0.6 is 23.5 Å². The number of amides is 2. The van der Waals surface area contributed by atoms with Crippen molar-refractivity contribution < 1.29 is 9.59 Å². The van der Waals surface area contributed by atoms with Crippen LogP contribution in [0.2, 0.25) is 0 Å². The summed E-state index contributed by atoms with van der Waals surface area (Å²) in [7, 11) is 0. The molecule has 0 spiro atoms. The van der Waals surface area contributed by atoms with Crippen molar-refractivity contribution in [2.24, 2.45) is 0 Å². The predicted molar refractivity (Wildman–Crippen MR) is 121 cm³/mol. The van der Waals surface area contributed by atoms with Crippen LogP contribution in [0.15, 0.2) is 24.3 Å². The molecular formula is C22H32N2O2S2. The van der Waals surface area contributed by atoms with Gasteiger partial charge in [0.15, 0.2) is 0 Å². The molecule has 2 fully saturated rings. The predicted octanol–water partition coefficient (Wildman–Crippen LogP) is 4.40. The first-order valence-electron chi connectivity index (χ1n) is 10.4. The van der Waals surface area contributed by atoms with Gasteiger partial charge in [-0.1, -0.05) is 27.7 Å². The van der Waals surface area contributed by atoms with Gasteiger partial charge in [0.25, 0.3) is 11.8 Å². The van der Waals surface area contributed by atoms with Gasteiger partial charge in [0.1, 0.15) is 0 Å². The number of hydrogen-bond acceptors (Lipinski definition) is 4. The SMILES string of the molecule is CCC1C(C)SCCN1C(=O)c1ccc(C(=O)N2CCSC(C)C2CC)cc1. The summed E-state index contributed by atoms with van der Waals surface area (Å²) in [6.07, 6.45) is 1.94. The van der Waals surface area contributed by atoms with Crippen LogP contribution in [0, 0.1) is 0 Å². The van der Waals surface area contributed by atoms with Gasteiger partial charge in [-0.05, 0) is 37.1 Å². The van der Waals surface area contributed by atoms with Crippen molar-refractivity contribution in [2.75, 3.05) is 24.6 Å². The highest BCUT2D eigenvalue weighted by Crippen LogP contribution is 2.29. The Labute approximate surface area is 177 Å². The van der Waals surface area contributed by atoms with Gasteiger partial charge in [0, 0.05) is 58.3 Å². The number of hydrogen-bond donors (Lipinski definition) is 0. The van der Waals surface area contributed by atoms with Gasteiger partial charge in [0.2, 0.25) is 0 Å². The Bertz CT molecular complexity index is 635. The molecule has 0 aliphatic carbocycles. The Morgan fingerprint density at radius 2 is 1.18 bits per heavy atom. The fraction of sp³-hybridized carbons (Fsp3) is 0.636. The molecule has 3 rings (SSSR count). The van der Waals surface area contributed by atoms with Crippen LogP contribution in [0.5, 0.6) is 0 Å². The lowest BCUT2D eigenvalue weighted by molar-refractivity contribution is 0.0666. The van der Waals surface area contributed by atoms with Crippen LogP contribution in [0.1, 0.15) is 61.3 Å². The molecule has 1 aromatic rings. The number of rotatable bonds is 4. The third kappa shape index (κ3) is 4.38. The lowest BCUT2D eigenvalue weighted by atomic mass is 10.0. The zero-order chi connectivity index (χ0) is 20.3. The van der Waals surface area contributed by atoms with Gasteiger partial charge in [0.05, 0.1) is 0 Å². The van der Waals surface area contributed by atoms with Gasteiger partial charge in [-0.2, -0.15) is 23.5 Å². The van der Waals surface area contributed by atoms with Gasteiger partial charge in [-0.3, -0.25) is 9.59 Å². The summed E-state index contributed by atoms with van der Waals surface area (Å²) in [6.45, 7) is 10.3. The summed E-state index contributed by atoms with van der Waals surface area (Å²) in [6, 6.07) is 7.89. The highest BCUT2D eigenvalue weighted by Gasteiger charge is 2.33. The second-order valence-corrected chi connectivity index (χ2v) is 10.6. The molecule has 0 saturated carbocycles. The van der Waals surface area contributed by atoms with E-state index in [0.29, 0.717) is 21.6 Å². The fourth-order valence-electron chi connectivity index (χ4n) is 4.43. The molecule has 28 heavy (non-hydrogen) atoms. The van der Waals surface area contributed by atoms with Crippen molar-refractivity contribution in [3.63, 3.8) is 0 Å². The minimum Gasteiger partial charge on any atom is -0.334 e. The van der Waals surface area contributed by atoms with E-state index in [2.05, 4.69) is 27.7 Å². The summed E-state index contributed by atoms with van der Waals surface area (Å²) in [4.78, 5) is 30.2. The average molecular weight is 421 g/mol. The van der Waals surface area contributed by atoms with E-state index >= 15 is 0 Å². The van der Waals surface area contributed by atoms with E-state index in [9.17, 15) is 9.59 Å². The van der Waals surface area contributed by atoms with Gasteiger partial charge in [-0.15, -0.1) is 0 Å². The largest absolute Gasteiger partial charge is 0.334 e. The molecule has 0 radical (unpaired) electrons. The minimum atomic E-state index is 0.0902. The maximum Gasteiger partial charge on any atom is 0.254 e. The number of nitrogens with zero attached hydrogens (tertiary/aromatic N) is 2. The number of benzene rings is 1. The first-order valence-corrected chi connectivity index (χ1v) is 12.5. The molecule has 0 bridgehead atoms. The molecule has 4 nitrogen and oxygen atoms in total. The molecule has 2 aliphatic rings. The molecule has 2 amide bonds. The van der Waals surface area contributed by atoms with E-state index in [1.807, 2.05) is 57.6 Å². The molecule has 4 unspecified atom stereocenters. The molecule has 0 aromatic heterocycles. The second kappa shape index (κ2) is 9.57. The lowest BCUT2D eigenvalue weighted by Gasteiger charge is -2.39. The zero-order valence-corrected chi connectivity index (χ0v) is 19.0. The molecule has 0 N–H and O–H groups in total. The smallest absolute Gasteiger partial charge is 0.254 e. The number of carbonyl (C=O) groups excluding carboxylic acids is 2. The normalized spacial score (nSPS) is 28.3. The summed E-state index contributed by atoms with van der Waals surface area (Å²) < 4.78 is 0. The lowest BCUT2D eigenvalue weighted by Crippen LogP contribution is -2.49. The monoisotopic (exact) mass is 420 g/mol. The Balaban J connectivity index is 1.74. The van der Waals surface area contributed by atoms with E-state index < -0.39 is 0 Å². The second-order valence-electron chi connectivity index (χ2n) is 7.68. The van der Waals surface area contributed by atoms with E-state index in [1.165, 1.54) is 0 Å². The van der Waals surface area contributed by atoms with Crippen LogP contribution in [0.4, 0.5) is 0 Å². The van der Waals surface area contributed by atoms with E-state index in [-0.39, 0.29) is 23.9 Å². The summed E-state index contributed by atoms with van der Waals surface area (Å²) in [5.41, 5.74) is 1.37. The van der Waals surface area contributed by atoms with E-state index in [0.717, 1.165) is 37.4 Å². The summed E-state index contributed by atoms with van der Waals surface area (Å²) in [5.74, 6) is 2.16.